The molecule has 2 aromatic rings. The first-order valence-corrected chi connectivity index (χ1v) is 8.87. The molecule has 0 aliphatic rings. The van der Waals surface area contributed by atoms with Gasteiger partial charge in [-0.3, -0.25) is 4.99 Å². The Balaban J connectivity index is 0.00000364. The predicted molar refractivity (Wildman–Crippen MR) is 121 cm³/mol. The van der Waals surface area contributed by atoms with Crippen molar-refractivity contribution >= 4 is 29.9 Å². The summed E-state index contributed by atoms with van der Waals surface area (Å²) in [7, 11) is 3.46. The van der Waals surface area contributed by atoms with Gasteiger partial charge in [-0.15, -0.1) is 24.0 Å². The number of nitrogens with one attached hydrogen (secondary N) is 2. The fourth-order valence-electron chi connectivity index (χ4n) is 2.62. The fourth-order valence-corrected chi connectivity index (χ4v) is 2.62. The molecule has 0 fully saturated rings. The normalized spacial score (nSPS) is 12.2. The number of methoxy groups -OCH3 is 1. The fraction of sp³-hybridized carbons (Fsp3) is 0.381. The molecule has 0 aromatic heterocycles. The highest BCUT2D eigenvalue weighted by molar-refractivity contribution is 14.0. The third kappa shape index (κ3) is 8.73. The van der Waals surface area contributed by atoms with Crippen molar-refractivity contribution in [3.8, 4) is 0 Å². The quantitative estimate of drug-likeness (QED) is 0.325. The minimum Gasteiger partial charge on any atom is -0.383 e. The number of hydrogen-bond donors (Lipinski definition) is 2. The molecule has 0 aliphatic carbocycles. The van der Waals surface area contributed by atoms with E-state index in [1.165, 1.54) is 16.7 Å². The van der Waals surface area contributed by atoms with E-state index >= 15 is 0 Å². The van der Waals surface area contributed by atoms with Gasteiger partial charge in [0.1, 0.15) is 0 Å². The van der Waals surface area contributed by atoms with Crippen molar-refractivity contribution in [2.75, 3.05) is 20.8 Å². The second kappa shape index (κ2) is 13.5. The van der Waals surface area contributed by atoms with Crippen LogP contribution in [-0.4, -0.2) is 32.8 Å². The van der Waals surface area contributed by atoms with E-state index in [9.17, 15) is 0 Å². The van der Waals surface area contributed by atoms with E-state index in [1.807, 2.05) is 30.3 Å². The molecule has 0 saturated heterocycles. The molecule has 1 unspecified atom stereocenters. The van der Waals surface area contributed by atoms with E-state index in [2.05, 4.69) is 46.8 Å². The zero-order chi connectivity index (χ0) is 18.6. The first-order chi connectivity index (χ1) is 12.7. The van der Waals surface area contributed by atoms with Gasteiger partial charge in [-0.05, 0) is 23.6 Å². The van der Waals surface area contributed by atoms with E-state index in [0.717, 1.165) is 5.96 Å². The molecule has 0 saturated carbocycles. The lowest BCUT2D eigenvalue weighted by Crippen LogP contribution is -2.43. The Morgan fingerprint density at radius 1 is 1.00 bits per heavy atom. The van der Waals surface area contributed by atoms with E-state index < -0.39 is 0 Å². The maximum atomic E-state index is 5.89. The lowest BCUT2D eigenvalue weighted by atomic mass is 10.1. The number of hydrogen-bond acceptors (Lipinski definition) is 3. The molecule has 0 radical (unpaired) electrons. The molecule has 2 N–H and O–H groups in total. The van der Waals surface area contributed by atoms with Crippen molar-refractivity contribution in [1.29, 1.82) is 0 Å². The number of aliphatic imine (C=N–C) groups is 1. The van der Waals surface area contributed by atoms with Crippen molar-refractivity contribution < 1.29 is 9.47 Å². The van der Waals surface area contributed by atoms with Crippen molar-refractivity contribution in [3.63, 3.8) is 0 Å². The second-order valence-electron chi connectivity index (χ2n) is 6.17. The lowest BCUT2D eigenvalue weighted by Gasteiger charge is -2.18. The smallest absolute Gasteiger partial charge is 0.191 e. The summed E-state index contributed by atoms with van der Waals surface area (Å²) in [6.45, 7) is 4.57. The molecule has 148 valence electrons. The van der Waals surface area contributed by atoms with Gasteiger partial charge >= 0.3 is 0 Å². The van der Waals surface area contributed by atoms with Gasteiger partial charge in [0.15, 0.2) is 5.96 Å². The highest BCUT2D eigenvalue weighted by atomic mass is 127. The first kappa shape index (κ1) is 23.4. The third-order valence-corrected chi connectivity index (χ3v) is 3.96. The zero-order valence-electron chi connectivity index (χ0n) is 16.3. The zero-order valence-corrected chi connectivity index (χ0v) is 18.6. The molecule has 2 aromatic carbocycles. The highest BCUT2D eigenvalue weighted by Crippen LogP contribution is 2.11. The van der Waals surface area contributed by atoms with Crippen LogP contribution in [0.4, 0.5) is 0 Å². The monoisotopic (exact) mass is 483 g/mol. The van der Waals surface area contributed by atoms with Gasteiger partial charge in [-0.2, -0.15) is 0 Å². The van der Waals surface area contributed by atoms with Crippen LogP contribution in [0.1, 0.15) is 23.6 Å². The summed E-state index contributed by atoms with van der Waals surface area (Å²) in [6.07, 6.45) is 0. The molecular formula is C21H30IN3O2. The molecule has 6 heteroatoms. The van der Waals surface area contributed by atoms with Crippen molar-refractivity contribution in [3.05, 3.63) is 71.3 Å². The number of ether oxygens (including phenoxy) is 2. The van der Waals surface area contributed by atoms with E-state index in [4.69, 9.17) is 9.47 Å². The van der Waals surface area contributed by atoms with Crippen LogP contribution in [0.25, 0.3) is 0 Å². The van der Waals surface area contributed by atoms with Crippen molar-refractivity contribution in [1.82, 2.24) is 10.6 Å². The Bertz CT molecular complexity index is 680. The Morgan fingerprint density at radius 2 is 1.67 bits per heavy atom. The molecular weight excluding hydrogens is 453 g/mol. The summed E-state index contributed by atoms with van der Waals surface area (Å²) in [6, 6.07) is 18.7. The molecule has 2 rings (SSSR count). The van der Waals surface area contributed by atoms with Gasteiger partial charge in [0.05, 0.1) is 19.8 Å². The summed E-state index contributed by atoms with van der Waals surface area (Å²) >= 11 is 0. The topological polar surface area (TPSA) is 54.9 Å². The molecule has 1 atom stereocenters. The molecule has 0 aliphatic heterocycles. The number of guanidine groups is 1. The minimum absolute atomic E-state index is 0. The van der Waals surface area contributed by atoms with Crippen LogP contribution in [0, 0.1) is 0 Å². The van der Waals surface area contributed by atoms with Crippen LogP contribution >= 0.6 is 24.0 Å². The van der Waals surface area contributed by atoms with Gasteiger partial charge in [-0.1, -0.05) is 54.6 Å². The van der Waals surface area contributed by atoms with Gasteiger partial charge < -0.3 is 20.1 Å². The molecule has 0 amide bonds. The third-order valence-electron chi connectivity index (χ3n) is 3.96. The van der Waals surface area contributed by atoms with Crippen LogP contribution in [0.3, 0.4) is 0 Å². The Morgan fingerprint density at radius 3 is 2.33 bits per heavy atom. The maximum Gasteiger partial charge on any atom is 0.191 e. The van der Waals surface area contributed by atoms with Crippen LogP contribution in [-0.2, 0) is 29.2 Å². The lowest BCUT2D eigenvalue weighted by molar-refractivity contribution is 0.106. The van der Waals surface area contributed by atoms with Crippen LogP contribution in [0.5, 0.6) is 0 Å². The summed E-state index contributed by atoms with van der Waals surface area (Å²) in [5.74, 6) is 0.759. The number of rotatable bonds is 9. The molecule has 5 nitrogen and oxygen atoms in total. The minimum atomic E-state index is 0. The van der Waals surface area contributed by atoms with Crippen LogP contribution in [0.15, 0.2) is 59.6 Å². The molecule has 0 bridgehead atoms. The highest BCUT2D eigenvalue weighted by Gasteiger charge is 2.07. The van der Waals surface area contributed by atoms with Crippen LogP contribution in [0.2, 0.25) is 0 Å². The van der Waals surface area contributed by atoms with Gasteiger partial charge in [0, 0.05) is 26.7 Å². The summed E-state index contributed by atoms with van der Waals surface area (Å²) in [5.41, 5.74) is 3.55. The van der Waals surface area contributed by atoms with E-state index in [1.54, 1.807) is 14.2 Å². The SMILES string of the molecule is CN=C(NCc1ccccc1COCc1ccccc1)NC(C)COC.I. The van der Waals surface area contributed by atoms with Crippen molar-refractivity contribution in [2.45, 2.75) is 32.7 Å². The number of halogens is 1. The molecule has 0 heterocycles. The summed E-state index contributed by atoms with van der Waals surface area (Å²) in [5, 5.41) is 6.66. The van der Waals surface area contributed by atoms with E-state index in [-0.39, 0.29) is 30.0 Å². The first-order valence-electron chi connectivity index (χ1n) is 8.87. The Labute approximate surface area is 179 Å². The summed E-state index contributed by atoms with van der Waals surface area (Å²) < 4.78 is 11.0. The number of nitrogens with zero attached hydrogens (tertiary/aromatic N) is 1. The average Bonchev–Trinajstić information content (AvgIpc) is 2.67. The molecule has 27 heavy (non-hydrogen) atoms. The number of benzene rings is 2. The Kier molecular flexibility index (Phi) is 11.7. The second-order valence-corrected chi connectivity index (χ2v) is 6.17. The van der Waals surface area contributed by atoms with Gasteiger partial charge in [0.2, 0.25) is 0 Å². The predicted octanol–water partition coefficient (Wildman–Crippen LogP) is 3.72. The average molecular weight is 483 g/mol. The maximum absolute atomic E-state index is 5.89. The van der Waals surface area contributed by atoms with Crippen LogP contribution < -0.4 is 10.6 Å². The Hall–Kier alpha value is -1.64. The standard InChI is InChI=1S/C21H29N3O2.HI/c1-17(14-25-3)24-21(22-2)23-13-19-11-7-8-12-20(19)16-26-15-18-9-5-4-6-10-18;/h4-12,17H,13-16H2,1-3H3,(H2,22,23,24);1H. The van der Waals surface area contributed by atoms with Crippen molar-refractivity contribution in [2.24, 2.45) is 4.99 Å². The van der Waals surface area contributed by atoms with Gasteiger partial charge in [0.25, 0.3) is 0 Å². The molecule has 0 spiro atoms. The summed E-state index contributed by atoms with van der Waals surface area (Å²) in [4.78, 5) is 4.26. The van der Waals surface area contributed by atoms with Gasteiger partial charge in [-0.25, -0.2) is 0 Å². The van der Waals surface area contributed by atoms with E-state index in [0.29, 0.717) is 26.4 Å². The largest absolute Gasteiger partial charge is 0.383 e.